The van der Waals surface area contributed by atoms with Crippen molar-refractivity contribution < 1.29 is 4.74 Å². The van der Waals surface area contributed by atoms with Gasteiger partial charge in [-0.25, -0.2) is 4.99 Å². The van der Waals surface area contributed by atoms with Gasteiger partial charge in [-0.05, 0) is 28.7 Å². The lowest BCUT2D eigenvalue weighted by Gasteiger charge is -2.42. The highest BCUT2D eigenvalue weighted by molar-refractivity contribution is 6.00. The van der Waals surface area contributed by atoms with Gasteiger partial charge in [-0.3, -0.25) is 0 Å². The maximum absolute atomic E-state index is 5.63. The van der Waals surface area contributed by atoms with Crippen molar-refractivity contribution in [3.63, 3.8) is 0 Å². The number of rotatable bonds is 2. The third-order valence-corrected chi connectivity index (χ3v) is 5.56. The molecule has 4 heteroatoms. The predicted molar refractivity (Wildman–Crippen MR) is 112 cm³/mol. The molecule has 2 aromatic rings. The van der Waals surface area contributed by atoms with Crippen LogP contribution in [0.15, 0.2) is 53.5 Å². The van der Waals surface area contributed by atoms with Crippen molar-refractivity contribution in [3.8, 4) is 0 Å². The summed E-state index contributed by atoms with van der Waals surface area (Å²) in [5.74, 6) is 1.03. The lowest BCUT2D eigenvalue weighted by atomic mass is 9.85. The topological polar surface area (TPSA) is 45.7 Å². The molecule has 27 heavy (non-hydrogen) atoms. The number of nitrogens with zero attached hydrogens (tertiary/aromatic N) is 1. The molecule has 2 N–H and O–H groups in total. The Hall–Kier alpha value is -2.33. The molecule has 0 saturated carbocycles. The van der Waals surface area contributed by atoms with Gasteiger partial charge >= 0.3 is 0 Å². The Morgan fingerprint density at radius 1 is 1.07 bits per heavy atom. The highest BCUT2D eigenvalue weighted by Gasteiger charge is 2.40. The molecule has 2 aliphatic rings. The second-order valence-electron chi connectivity index (χ2n) is 8.60. The summed E-state index contributed by atoms with van der Waals surface area (Å²) in [6.45, 7) is 9.05. The van der Waals surface area contributed by atoms with Gasteiger partial charge in [-0.15, -0.1) is 0 Å². The van der Waals surface area contributed by atoms with Crippen LogP contribution in [0.2, 0.25) is 0 Å². The summed E-state index contributed by atoms with van der Waals surface area (Å²) in [4.78, 5) is 5.00. The van der Waals surface area contributed by atoms with Crippen LogP contribution in [0.1, 0.15) is 44.7 Å². The zero-order valence-corrected chi connectivity index (χ0v) is 16.5. The molecule has 1 spiro atoms. The number of anilines is 1. The fourth-order valence-electron chi connectivity index (χ4n) is 3.85. The van der Waals surface area contributed by atoms with E-state index in [1.165, 1.54) is 11.1 Å². The van der Waals surface area contributed by atoms with Gasteiger partial charge in [0, 0.05) is 32.6 Å². The third kappa shape index (κ3) is 3.72. The Morgan fingerprint density at radius 3 is 2.63 bits per heavy atom. The van der Waals surface area contributed by atoms with Gasteiger partial charge in [0.25, 0.3) is 0 Å². The van der Waals surface area contributed by atoms with Crippen LogP contribution < -0.4 is 10.6 Å². The molecule has 2 heterocycles. The first-order valence-electron chi connectivity index (χ1n) is 9.84. The molecule has 4 nitrogen and oxygen atoms in total. The molecular weight excluding hydrogens is 334 g/mol. The number of ether oxygens (including phenoxy) is 1. The van der Waals surface area contributed by atoms with Crippen LogP contribution >= 0.6 is 0 Å². The summed E-state index contributed by atoms with van der Waals surface area (Å²) in [5, 5.41) is 7.41. The molecule has 2 aliphatic heterocycles. The summed E-state index contributed by atoms with van der Waals surface area (Å²) in [6, 6.07) is 17.1. The molecule has 0 aromatic heterocycles. The van der Waals surface area contributed by atoms with Crippen LogP contribution in [0.5, 0.6) is 0 Å². The number of benzene rings is 2. The Morgan fingerprint density at radius 2 is 1.85 bits per heavy atom. The number of hydrogen-bond donors (Lipinski definition) is 2. The molecule has 0 atom stereocenters. The molecule has 0 bridgehead atoms. The van der Waals surface area contributed by atoms with Crippen molar-refractivity contribution in [1.29, 1.82) is 0 Å². The van der Waals surface area contributed by atoms with E-state index in [2.05, 4.69) is 73.9 Å². The normalized spacial score (nSPS) is 18.4. The number of amidine groups is 1. The highest BCUT2D eigenvalue weighted by Crippen LogP contribution is 2.37. The van der Waals surface area contributed by atoms with Crippen LogP contribution in [0.25, 0.3) is 0 Å². The van der Waals surface area contributed by atoms with Crippen molar-refractivity contribution in [2.24, 2.45) is 4.99 Å². The minimum Gasteiger partial charge on any atom is -0.381 e. The fourth-order valence-corrected chi connectivity index (χ4v) is 3.85. The monoisotopic (exact) mass is 363 g/mol. The van der Waals surface area contributed by atoms with Crippen molar-refractivity contribution in [1.82, 2.24) is 5.32 Å². The van der Waals surface area contributed by atoms with Gasteiger partial charge in [0.05, 0.1) is 16.9 Å². The summed E-state index contributed by atoms with van der Waals surface area (Å²) in [5.41, 5.74) is 4.75. The van der Waals surface area contributed by atoms with Crippen LogP contribution in [0, 0.1) is 0 Å². The Balaban J connectivity index is 1.60. The van der Waals surface area contributed by atoms with Crippen LogP contribution in [0.4, 0.5) is 11.4 Å². The van der Waals surface area contributed by atoms with Crippen LogP contribution in [0.3, 0.4) is 0 Å². The van der Waals surface area contributed by atoms with Gasteiger partial charge in [0.1, 0.15) is 5.84 Å². The van der Waals surface area contributed by atoms with Crippen LogP contribution in [-0.4, -0.2) is 24.6 Å². The van der Waals surface area contributed by atoms with E-state index in [1.807, 2.05) is 6.07 Å². The summed E-state index contributed by atoms with van der Waals surface area (Å²) in [7, 11) is 0. The van der Waals surface area contributed by atoms with E-state index >= 15 is 0 Å². The molecule has 0 unspecified atom stereocenters. The third-order valence-electron chi connectivity index (χ3n) is 5.56. The highest BCUT2D eigenvalue weighted by atomic mass is 16.5. The van der Waals surface area contributed by atoms with E-state index in [9.17, 15) is 0 Å². The first-order chi connectivity index (χ1) is 13.0. The SMILES string of the molecule is CC(C)(C)c1cccc(CNC2=Nc3ccccc3NC23CCOCC3)c1. The van der Waals surface area contributed by atoms with Gasteiger partial charge in [0.15, 0.2) is 0 Å². The summed E-state index contributed by atoms with van der Waals surface area (Å²) in [6.07, 6.45) is 1.85. The molecule has 4 rings (SSSR count). The minimum absolute atomic E-state index is 0.154. The fraction of sp³-hybridized carbons (Fsp3) is 0.435. The van der Waals surface area contributed by atoms with E-state index in [-0.39, 0.29) is 11.0 Å². The summed E-state index contributed by atoms with van der Waals surface area (Å²) >= 11 is 0. The lowest BCUT2D eigenvalue weighted by molar-refractivity contribution is 0.0771. The molecule has 142 valence electrons. The molecule has 0 amide bonds. The maximum atomic E-state index is 5.63. The Kier molecular flexibility index (Phi) is 4.68. The predicted octanol–water partition coefficient (Wildman–Crippen LogP) is 4.78. The van der Waals surface area contributed by atoms with E-state index in [0.29, 0.717) is 0 Å². The number of para-hydroxylation sites is 2. The van der Waals surface area contributed by atoms with E-state index in [4.69, 9.17) is 9.73 Å². The van der Waals surface area contributed by atoms with Gasteiger partial charge < -0.3 is 15.4 Å². The standard InChI is InChI=1S/C23H29N3O/c1-22(2,3)18-8-6-7-17(15-18)16-24-21-23(11-13-27-14-12-23)26-20-10-5-4-9-19(20)25-21/h4-10,15,26H,11-14,16H2,1-3H3,(H,24,25). The molecule has 2 aromatic carbocycles. The van der Waals surface area contributed by atoms with Gasteiger partial charge in [0.2, 0.25) is 0 Å². The zero-order chi connectivity index (χ0) is 18.9. The number of fused-ring (bicyclic) bond motifs is 1. The van der Waals surface area contributed by atoms with Gasteiger partial charge in [-0.2, -0.15) is 0 Å². The second-order valence-corrected chi connectivity index (χ2v) is 8.60. The van der Waals surface area contributed by atoms with Gasteiger partial charge in [-0.1, -0.05) is 57.2 Å². The second kappa shape index (κ2) is 7.01. The average Bonchev–Trinajstić information content (AvgIpc) is 2.66. The van der Waals surface area contributed by atoms with Crippen molar-refractivity contribution in [2.75, 3.05) is 18.5 Å². The van der Waals surface area contributed by atoms with Crippen LogP contribution in [-0.2, 0) is 16.7 Å². The summed E-state index contributed by atoms with van der Waals surface area (Å²) < 4.78 is 5.63. The minimum atomic E-state index is -0.158. The first-order valence-corrected chi connectivity index (χ1v) is 9.84. The van der Waals surface area contributed by atoms with E-state index in [0.717, 1.165) is 49.8 Å². The Labute approximate surface area is 162 Å². The quantitative estimate of drug-likeness (QED) is 0.807. The smallest absolute Gasteiger partial charge is 0.129 e. The average molecular weight is 364 g/mol. The molecule has 1 saturated heterocycles. The largest absolute Gasteiger partial charge is 0.381 e. The van der Waals surface area contributed by atoms with E-state index < -0.39 is 0 Å². The lowest BCUT2D eigenvalue weighted by Crippen LogP contribution is -2.56. The number of aliphatic imine (C=N–C) groups is 1. The number of nitrogens with one attached hydrogen (secondary N) is 2. The zero-order valence-electron chi connectivity index (χ0n) is 16.5. The molecule has 0 radical (unpaired) electrons. The molecule has 1 fully saturated rings. The van der Waals surface area contributed by atoms with E-state index in [1.54, 1.807) is 0 Å². The maximum Gasteiger partial charge on any atom is 0.129 e. The van der Waals surface area contributed by atoms with Crippen molar-refractivity contribution >= 4 is 17.2 Å². The number of hydrogen-bond acceptors (Lipinski definition) is 4. The van der Waals surface area contributed by atoms with Crippen molar-refractivity contribution in [3.05, 3.63) is 59.7 Å². The first kappa shape index (κ1) is 18.1. The molecular formula is C23H29N3O. The molecule has 0 aliphatic carbocycles. The Bertz CT molecular complexity index is 845. The van der Waals surface area contributed by atoms with Crippen molar-refractivity contribution in [2.45, 2.75) is 51.1 Å².